The van der Waals surface area contributed by atoms with Gasteiger partial charge in [0.05, 0.1) is 10.4 Å². The van der Waals surface area contributed by atoms with Crippen molar-refractivity contribution in [3.8, 4) is 0 Å². The summed E-state index contributed by atoms with van der Waals surface area (Å²) in [5.41, 5.74) is 0.527. The fraction of sp³-hybridized carbons (Fsp3) is 0.429. The molecule has 0 N–H and O–H groups in total. The highest BCUT2D eigenvalue weighted by Crippen LogP contribution is 2.31. The van der Waals surface area contributed by atoms with Gasteiger partial charge in [0.25, 0.3) is 0 Å². The Hall–Kier alpha value is -0.850. The standard InChI is InChI=1S/C14H19BrN2O2S/c1-14(2,3)17(5)20(18,19)11-8-10-6-7-16(4)13(10)12(15)9-11/h6-9H,1-5H3. The van der Waals surface area contributed by atoms with Crippen LogP contribution in [0.3, 0.4) is 0 Å². The molecule has 0 aliphatic rings. The third kappa shape index (κ3) is 2.52. The van der Waals surface area contributed by atoms with Gasteiger partial charge in [-0.15, -0.1) is 0 Å². The van der Waals surface area contributed by atoms with Crippen LogP contribution in [0.1, 0.15) is 20.8 Å². The lowest BCUT2D eigenvalue weighted by molar-refractivity contribution is 0.292. The molecule has 0 aliphatic heterocycles. The lowest BCUT2D eigenvalue weighted by atomic mass is 10.1. The lowest BCUT2D eigenvalue weighted by Crippen LogP contribution is -2.42. The molecular weight excluding hydrogens is 340 g/mol. The third-order valence-electron chi connectivity index (χ3n) is 3.50. The molecule has 0 unspecified atom stereocenters. The molecule has 20 heavy (non-hydrogen) atoms. The molecule has 0 saturated heterocycles. The maximum atomic E-state index is 12.7. The Kier molecular flexibility index (Phi) is 3.77. The molecule has 0 saturated carbocycles. The Morgan fingerprint density at radius 3 is 2.40 bits per heavy atom. The highest BCUT2D eigenvalue weighted by atomic mass is 79.9. The van der Waals surface area contributed by atoms with Gasteiger partial charge in [0.2, 0.25) is 10.0 Å². The van der Waals surface area contributed by atoms with Gasteiger partial charge in [-0.25, -0.2) is 8.42 Å². The Labute approximate surface area is 128 Å². The van der Waals surface area contributed by atoms with Crippen LogP contribution in [0.5, 0.6) is 0 Å². The van der Waals surface area contributed by atoms with E-state index < -0.39 is 15.6 Å². The van der Waals surface area contributed by atoms with Crippen molar-refractivity contribution in [3.63, 3.8) is 0 Å². The van der Waals surface area contributed by atoms with Gasteiger partial charge in [0.15, 0.2) is 0 Å². The molecule has 2 aromatic rings. The molecule has 0 aliphatic carbocycles. The number of aromatic nitrogens is 1. The first kappa shape index (κ1) is 15.5. The van der Waals surface area contributed by atoms with Crippen LogP contribution in [0.15, 0.2) is 33.8 Å². The van der Waals surface area contributed by atoms with E-state index in [9.17, 15) is 8.42 Å². The third-order valence-corrected chi connectivity index (χ3v) is 6.20. The van der Waals surface area contributed by atoms with Crippen LogP contribution in [0.25, 0.3) is 10.9 Å². The number of rotatable bonds is 2. The van der Waals surface area contributed by atoms with Gasteiger partial charge in [-0.1, -0.05) is 0 Å². The summed E-state index contributed by atoms with van der Waals surface area (Å²) in [5.74, 6) is 0. The Morgan fingerprint density at radius 1 is 1.25 bits per heavy atom. The summed E-state index contributed by atoms with van der Waals surface area (Å²) < 4.78 is 29.5. The van der Waals surface area contributed by atoms with Crippen LogP contribution >= 0.6 is 15.9 Å². The average Bonchev–Trinajstić information content (AvgIpc) is 2.69. The minimum atomic E-state index is -3.51. The molecule has 0 radical (unpaired) electrons. The molecule has 1 aromatic heterocycles. The van der Waals surface area contributed by atoms with Crippen molar-refractivity contribution in [3.05, 3.63) is 28.9 Å². The summed E-state index contributed by atoms with van der Waals surface area (Å²) in [4.78, 5) is 0.306. The molecule has 0 spiro atoms. The Balaban J connectivity index is 2.64. The molecule has 0 amide bonds. The first-order valence-electron chi connectivity index (χ1n) is 6.29. The number of halogens is 1. The van der Waals surface area contributed by atoms with E-state index in [4.69, 9.17) is 0 Å². The smallest absolute Gasteiger partial charge is 0.243 e. The maximum absolute atomic E-state index is 12.7. The van der Waals surface area contributed by atoms with Crippen LogP contribution in [0.2, 0.25) is 0 Å². The number of hydrogen-bond donors (Lipinski definition) is 0. The van der Waals surface area contributed by atoms with Crippen LogP contribution in [-0.2, 0) is 17.1 Å². The number of benzene rings is 1. The molecule has 0 atom stereocenters. The second-order valence-corrected chi connectivity index (χ2v) is 8.74. The van der Waals surface area contributed by atoms with Gasteiger partial charge in [-0.3, -0.25) is 0 Å². The highest BCUT2D eigenvalue weighted by Gasteiger charge is 2.30. The minimum absolute atomic E-state index is 0.306. The quantitative estimate of drug-likeness (QED) is 0.825. The maximum Gasteiger partial charge on any atom is 0.243 e. The molecule has 4 nitrogen and oxygen atoms in total. The zero-order chi connectivity index (χ0) is 15.3. The topological polar surface area (TPSA) is 42.3 Å². The monoisotopic (exact) mass is 358 g/mol. The molecular formula is C14H19BrN2O2S. The predicted octanol–water partition coefficient (Wildman–Crippen LogP) is 3.36. The molecule has 110 valence electrons. The largest absolute Gasteiger partial charge is 0.350 e. The molecule has 0 fully saturated rings. The number of fused-ring (bicyclic) bond motifs is 1. The molecule has 2 rings (SSSR count). The van der Waals surface area contributed by atoms with Crippen LogP contribution in [-0.4, -0.2) is 29.9 Å². The summed E-state index contributed by atoms with van der Waals surface area (Å²) >= 11 is 3.47. The summed E-state index contributed by atoms with van der Waals surface area (Å²) in [6.45, 7) is 5.63. The van der Waals surface area contributed by atoms with Crippen molar-refractivity contribution < 1.29 is 8.42 Å². The summed E-state index contributed by atoms with van der Waals surface area (Å²) in [6, 6.07) is 5.30. The number of aryl methyl sites for hydroxylation is 1. The van der Waals surface area contributed by atoms with E-state index in [1.54, 1.807) is 19.2 Å². The zero-order valence-corrected chi connectivity index (χ0v) is 14.7. The van der Waals surface area contributed by atoms with E-state index in [0.717, 1.165) is 15.4 Å². The second kappa shape index (κ2) is 4.86. The fourth-order valence-corrected chi connectivity index (χ4v) is 4.51. The Bertz CT molecular complexity index is 757. The number of sulfonamides is 1. The van der Waals surface area contributed by atoms with Gasteiger partial charge < -0.3 is 4.57 Å². The van der Waals surface area contributed by atoms with Crippen molar-refractivity contribution in [2.45, 2.75) is 31.2 Å². The van der Waals surface area contributed by atoms with Crippen molar-refractivity contribution in [1.82, 2.24) is 8.87 Å². The number of nitrogens with zero attached hydrogens (tertiary/aromatic N) is 2. The first-order valence-corrected chi connectivity index (χ1v) is 8.52. The van der Waals surface area contributed by atoms with Gasteiger partial charge in [0.1, 0.15) is 0 Å². The molecule has 1 heterocycles. The average molecular weight is 359 g/mol. The lowest BCUT2D eigenvalue weighted by Gasteiger charge is -2.31. The van der Waals surface area contributed by atoms with Crippen molar-refractivity contribution in [2.24, 2.45) is 7.05 Å². The summed E-state index contributed by atoms with van der Waals surface area (Å²) in [5, 5.41) is 0.905. The normalized spacial score (nSPS) is 13.3. The van der Waals surface area contributed by atoms with Crippen LogP contribution in [0, 0.1) is 0 Å². The van der Waals surface area contributed by atoms with Gasteiger partial charge in [-0.05, 0) is 54.9 Å². The highest BCUT2D eigenvalue weighted by molar-refractivity contribution is 9.10. The van der Waals surface area contributed by atoms with Crippen molar-refractivity contribution >= 4 is 36.9 Å². The predicted molar refractivity (Wildman–Crippen MR) is 85.3 cm³/mol. The van der Waals surface area contributed by atoms with Crippen LogP contribution in [0.4, 0.5) is 0 Å². The minimum Gasteiger partial charge on any atom is -0.350 e. The summed E-state index contributed by atoms with van der Waals surface area (Å²) in [7, 11) is 0.0353. The summed E-state index contributed by atoms with van der Waals surface area (Å²) in [6.07, 6.45) is 1.92. The van der Waals surface area contributed by atoms with Crippen molar-refractivity contribution in [1.29, 1.82) is 0 Å². The molecule has 6 heteroatoms. The molecule has 1 aromatic carbocycles. The van der Waals surface area contributed by atoms with Crippen molar-refractivity contribution in [2.75, 3.05) is 7.05 Å². The van der Waals surface area contributed by atoms with E-state index in [1.807, 2.05) is 44.6 Å². The number of hydrogen-bond acceptors (Lipinski definition) is 2. The van der Waals surface area contributed by atoms with E-state index in [1.165, 1.54) is 4.31 Å². The van der Waals surface area contributed by atoms with Crippen LogP contribution < -0.4 is 0 Å². The van der Waals surface area contributed by atoms with Gasteiger partial charge >= 0.3 is 0 Å². The van der Waals surface area contributed by atoms with E-state index >= 15 is 0 Å². The zero-order valence-electron chi connectivity index (χ0n) is 12.3. The van der Waals surface area contributed by atoms with E-state index in [-0.39, 0.29) is 0 Å². The van der Waals surface area contributed by atoms with Gasteiger partial charge in [-0.2, -0.15) is 4.31 Å². The molecule has 0 bridgehead atoms. The van der Waals surface area contributed by atoms with E-state index in [0.29, 0.717) is 4.90 Å². The Morgan fingerprint density at radius 2 is 1.85 bits per heavy atom. The second-order valence-electron chi connectivity index (χ2n) is 5.91. The SMILES string of the molecule is CN(C(C)(C)C)S(=O)(=O)c1cc(Br)c2c(ccn2C)c1. The fourth-order valence-electron chi connectivity index (χ4n) is 2.03. The van der Waals surface area contributed by atoms with E-state index in [2.05, 4.69) is 15.9 Å². The van der Waals surface area contributed by atoms with Gasteiger partial charge in [0, 0.05) is 35.7 Å². The first-order chi connectivity index (χ1) is 9.05.